The zero-order valence-corrected chi connectivity index (χ0v) is 43.2. The molecule has 7 heterocycles. The van der Waals surface area contributed by atoms with Gasteiger partial charge in [0.05, 0.1) is 40.8 Å². The van der Waals surface area contributed by atoms with Crippen molar-refractivity contribution in [3.8, 4) is 17.2 Å². The zero-order chi connectivity index (χ0) is 52.5. The summed E-state index contributed by atoms with van der Waals surface area (Å²) in [6, 6.07) is 3.93. The van der Waals surface area contributed by atoms with Crippen LogP contribution in [0.15, 0.2) is 70.7 Å². The summed E-state index contributed by atoms with van der Waals surface area (Å²) in [6.45, 7) is 17.4. The monoisotopic (exact) mass is 1010 g/mol. The number of phenols is 2. The van der Waals surface area contributed by atoms with E-state index in [1.165, 1.54) is 19.3 Å². The van der Waals surface area contributed by atoms with Gasteiger partial charge in [0.25, 0.3) is 11.7 Å². The van der Waals surface area contributed by atoms with Crippen molar-refractivity contribution in [2.75, 3.05) is 43.4 Å². The third-order valence-electron chi connectivity index (χ3n) is 15.3. The largest absolute Gasteiger partial charge is 0.507 e. The molecule has 0 saturated carbocycles. The number of ketones is 1. The molecule has 2 saturated heterocycles. The van der Waals surface area contributed by atoms with Crippen LogP contribution in [0.4, 0.5) is 11.4 Å². The highest BCUT2D eigenvalue weighted by atomic mass is 16.7. The first kappa shape index (κ1) is 52.9. The molecule has 9 rings (SSSR count). The van der Waals surface area contributed by atoms with Gasteiger partial charge < -0.3 is 55.1 Å². The van der Waals surface area contributed by atoms with E-state index in [9.17, 15) is 39.6 Å². The molecule has 1 spiro atoms. The minimum Gasteiger partial charge on any atom is -0.507 e. The van der Waals surface area contributed by atoms with E-state index in [0.29, 0.717) is 63.5 Å². The van der Waals surface area contributed by atoms with E-state index in [1.807, 2.05) is 12.1 Å². The molecule has 2 aromatic carbocycles. The maximum atomic E-state index is 14.8. The Balaban J connectivity index is 1.09. The van der Waals surface area contributed by atoms with Crippen molar-refractivity contribution in [3.63, 3.8) is 0 Å². The number of aliphatic hydroxyl groups is 2. The van der Waals surface area contributed by atoms with Gasteiger partial charge in [0.1, 0.15) is 40.4 Å². The number of nitrogens with one attached hydrogen (secondary N) is 2. The van der Waals surface area contributed by atoms with Gasteiger partial charge in [-0.2, -0.15) is 0 Å². The lowest BCUT2D eigenvalue weighted by Gasteiger charge is -2.38. The lowest BCUT2D eigenvalue weighted by atomic mass is 9.81. The number of ether oxygens (including phenoxy) is 3. The molecule has 392 valence electrons. The minimum atomic E-state index is -1.94. The van der Waals surface area contributed by atoms with Crippen molar-refractivity contribution < 1.29 is 53.8 Å². The first-order valence-electron chi connectivity index (χ1n) is 25.7. The Morgan fingerprint density at radius 3 is 2.38 bits per heavy atom. The number of hydrogen-bond acceptors (Lipinski definition) is 16. The van der Waals surface area contributed by atoms with E-state index in [1.54, 1.807) is 70.1 Å². The van der Waals surface area contributed by atoms with Crippen LogP contribution in [0, 0.1) is 30.6 Å². The van der Waals surface area contributed by atoms with Gasteiger partial charge in [0.2, 0.25) is 5.91 Å². The summed E-state index contributed by atoms with van der Waals surface area (Å²) in [5.74, 6) is -6.69. The summed E-state index contributed by atoms with van der Waals surface area (Å²) in [7, 11) is 0. The standard InChI is InChI=1S/C55H71N7O11/c1-30(2)29-61-24-19-55(20-25-61)59-44-41-42-49(67)35(7)51-43(41)52(69)54(8,73-51)71-26-10-9-16-38(72-40(64)27-39(63)62-22-17-36(18-23-62)57-37-15-12-21-56-28-37)33(5)48(66)34(6)47(65)31(3)13-11-14-32(4)53(70)58-46(50(42)68)45(44)60-55/h10-15,21,26,28,30-31,33-34,36,38,47-48,57,59,65-68H,9,16-20,22-25,27,29H2,1-8H3/b13-11+,26-10+,32-14-,58-46?/t31?,33-,34+,38+,47-,48?,54-/m0/s1. The first-order valence-corrected chi connectivity index (χ1v) is 25.7. The molecule has 2 fully saturated rings. The van der Waals surface area contributed by atoms with Crippen molar-refractivity contribution in [1.82, 2.24) is 14.8 Å². The average Bonchev–Trinajstić information content (AvgIpc) is 3.86. The van der Waals surface area contributed by atoms with Crippen LogP contribution < -0.4 is 26.1 Å². The van der Waals surface area contributed by atoms with Crippen molar-refractivity contribution in [1.29, 1.82) is 0 Å². The molecule has 6 N–H and O–H groups in total. The van der Waals surface area contributed by atoms with Gasteiger partial charge in [-0.3, -0.25) is 29.2 Å². The van der Waals surface area contributed by atoms with E-state index in [-0.39, 0.29) is 74.5 Å². The number of rotatable bonds is 7. The second kappa shape index (κ2) is 21.6. The van der Waals surface area contributed by atoms with Crippen LogP contribution in [0.3, 0.4) is 0 Å². The fourth-order valence-electron chi connectivity index (χ4n) is 10.8. The number of aliphatic hydroxyl groups excluding tert-OH is 2. The van der Waals surface area contributed by atoms with E-state index >= 15 is 0 Å². The number of amides is 2. The maximum Gasteiger partial charge on any atom is 0.315 e. The number of carbonyl (C=O) groups excluding carboxylic acids is 4. The Morgan fingerprint density at radius 1 is 0.973 bits per heavy atom. The van der Waals surface area contributed by atoms with Crippen molar-refractivity contribution >= 4 is 45.7 Å². The van der Waals surface area contributed by atoms with Gasteiger partial charge >= 0.3 is 11.8 Å². The number of anilines is 2. The number of nitrogens with zero attached hydrogens (tertiary/aromatic N) is 5. The number of aromatic nitrogens is 1. The number of carbonyl (C=O) groups is 4. The lowest BCUT2D eigenvalue weighted by molar-refractivity contribution is -0.159. The predicted octanol–water partition coefficient (Wildman–Crippen LogP) is 5.75. The third kappa shape index (κ3) is 11.0. The molecule has 73 heavy (non-hydrogen) atoms. The Hall–Kier alpha value is -6.37. The lowest BCUT2D eigenvalue weighted by Crippen LogP contribution is -2.47. The number of benzene rings is 2. The Morgan fingerprint density at radius 2 is 1.70 bits per heavy atom. The molecule has 18 heteroatoms. The van der Waals surface area contributed by atoms with E-state index in [0.717, 1.165) is 12.2 Å². The van der Waals surface area contributed by atoms with Gasteiger partial charge in [-0.1, -0.05) is 52.8 Å². The number of piperidine rings is 2. The average molecular weight is 1010 g/mol. The summed E-state index contributed by atoms with van der Waals surface area (Å²) in [5.41, 5.74) is 0.754. The van der Waals surface area contributed by atoms with Gasteiger partial charge in [-0.25, -0.2) is 4.99 Å². The molecule has 18 nitrogen and oxygen atoms in total. The molecule has 1 aromatic heterocycles. The Bertz CT molecular complexity index is 2830. The van der Waals surface area contributed by atoms with E-state index in [4.69, 9.17) is 19.2 Å². The van der Waals surface area contributed by atoms with Gasteiger partial charge in [0, 0.05) is 105 Å². The molecule has 5 bridgehead atoms. The first-order chi connectivity index (χ1) is 34.7. The predicted molar refractivity (Wildman–Crippen MR) is 273 cm³/mol. The molecule has 2 amide bonds. The third-order valence-corrected chi connectivity index (χ3v) is 15.3. The van der Waals surface area contributed by atoms with Crippen LogP contribution in [0.1, 0.15) is 109 Å². The maximum absolute atomic E-state index is 14.8. The molecule has 6 aliphatic heterocycles. The molecule has 0 radical (unpaired) electrons. The minimum absolute atomic E-state index is 0.0545. The number of phenolic OH excluding ortho intramolecular Hbond substituents is 2. The summed E-state index contributed by atoms with van der Waals surface area (Å²) >= 11 is 0. The smallest absolute Gasteiger partial charge is 0.315 e. The fourth-order valence-corrected chi connectivity index (χ4v) is 10.8. The van der Waals surface area contributed by atoms with Crippen molar-refractivity contribution in [3.05, 3.63) is 82.5 Å². The number of fused-ring (bicyclic) bond motifs is 13. The summed E-state index contributed by atoms with van der Waals surface area (Å²) < 4.78 is 18.4. The van der Waals surface area contributed by atoms with E-state index in [2.05, 4.69) is 39.4 Å². The molecule has 2 unspecified atom stereocenters. The van der Waals surface area contributed by atoms with Gasteiger partial charge in [0.15, 0.2) is 5.75 Å². The molecule has 6 aliphatic rings. The van der Waals surface area contributed by atoms with Crippen molar-refractivity contribution in [2.45, 2.75) is 136 Å². The number of aromatic hydroxyl groups is 2. The second-order valence-corrected chi connectivity index (χ2v) is 21.2. The molecular weight excluding hydrogens is 935 g/mol. The molecular formula is C55H71N7O11. The van der Waals surface area contributed by atoms with E-state index < -0.39 is 77.3 Å². The van der Waals surface area contributed by atoms with Crippen LogP contribution in [-0.2, 0) is 23.9 Å². The van der Waals surface area contributed by atoms with Crippen molar-refractivity contribution in [2.24, 2.45) is 33.7 Å². The topological polar surface area (TPSA) is 245 Å². The highest BCUT2D eigenvalue weighted by Gasteiger charge is 2.50. The van der Waals surface area contributed by atoms with Crippen LogP contribution >= 0.6 is 0 Å². The van der Waals surface area contributed by atoms with Gasteiger partial charge in [-0.15, -0.1) is 0 Å². The normalized spacial score (nSPS) is 28.6. The van der Waals surface area contributed by atoms with Crippen LogP contribution in [0.5, 0.6) is 17.2 Å². The number of esters is 1. The highest BCUT2D eigenvalue weighted by molar-refractivity contribution is 6.21. The number of Topliss-reactive ketones (excluding diaryl/α,β-unsaturated/α-hetero) is 1. The summed E-state index contributed by atoms with van der Waals surface area (Å²) in [4.78, 5) is 73.5. The second-order valence-electron chi connectivity index (χ2n) is 21.2. The highest BCUT2D eigenvalue weighted by Crippen LogP contribution is 2.51. The number of allylic oxidation sites excluding steroid dienone is 3. The number of hydrogen-bond donors (Lipinski definition) is 6. The molecule has 0 aliphatic carbocycles. The molecule has 7 atom stereocenters. The number of likely N-dealkylation sites (tertiary alicyclic amines) is 2. The Labute approximate surface area is 425 Å². The summed E-state index contributed by atoms with van der Waals surface area (Å²) in [6.07, 6.45) is 10.5. The Kier molecular flexibility index (Phi) is 15.7. The van der Waals surface area contributed by atoms with Crippen LogP contribution in [-0.4, -0.2) is 127 Å². The van der Waals surface area contributed by atoms with Gasteiger partial charge in [-0.05, 0) is 63.7 Å². The summed E-state index contributed by atoms with van der Waals surface area (Å²) in [5, 5.41) is 54.5. The number of pyridine rings is 1. The fraction of sp³-hybridized carbons (Fsp3) is 0.545. The van der Waals surface area contributed by atoms with Crippen LogP contribution in [0.25, 0.3) is 10.8 Å². The SMILES string of the molecule is C/C1=C/C=C/C(C)[C@H](O)[C@@H](C)C(O)[C@@H](C)[C@H](OC(=O)CC(=O)N2CCC(Nc3cccnc3)CC2)CC/C=C/O[C@@]2(C)Oc3c(C)c(O)c4c(O)c(c5c(c4c3C2=O)NC2(CCN(CC(C)C)CC2)N=5)=NC1=O. The van der Waals surface area contributed by atoms with Crippen LogP contribution in [0.2, 0.25) is 0 Å². The zero-order valence-electron chi connectivity index (χ0n) is 43.2. The quantitative estimate of drug-likeness (QED) is 0.0938. The molecule has 3 aromatic rings.